The van der Waals surface area contributed by atoms with E-state index in [1.165, 1.54) is 18.4 Å². The van der Waals surface area contributed by atoms with Crippen LogP contribution in [0.15, 0.2) is 36.4 Å². The van der Waals surface area contributed by atoms with Gasteiger partial charge in [0.1, 0.15) is 11.6 Å². The molecule has 3 heterocycles. The van der Waals surface area contributed by atoms with E-state index in [-0.39, 0.29) is 0 Å². The van der Waals surface area contributed by atoms with Gasteiger partial charge in [-0.2, -0.15) is 0 Å². The molecule has 2 fully saturated rings. The number of rotatable bonds is 6. The van der Waals surface area contributed by atoms with Gasteiger partial charge in [-0.1, -0.05) is 30.3 Å². The molecule has 5 nitrogen and oxygen atoms in total. The minimum Gasteiger partial charge on any atom is -0.357 e. The number of benzene rings is 1. The lowest BCUT2D eigenvalue weighted by Crippen LogP contribution is -2.39. The van der Waals surface area contributed by atoms with Crippen LogP contribution in [0, 0.1) is 12.8 Å². The highest BCUT2D eigenvalue weighted by molar-refractivity contribution is 5.76. The third kappa shape index (κ3) is 5.34. The first-order valence-corrected chi connectivity index (χ1v) is 11.1. The number of anilines is 1. The molecule has 0 saturated carbocycles. The van der Waals surface area contributed by atoms with Gasteiger partial charge < -0.3 is 9.80 Å². The molecule has 2 aliphatic rings. The van der Waals surface area contributed by atoms with Crippen LogP contribution in [0.25, 0.3) is 0 Å². The summed E-state index contributed by atoms with van der Waals surface area (Å²) in [7, 11) is 0. The number of hydrogen-bond donors (Lipinski definition) is 0. The molecule has 0 N–H and O–H groups in total. The fourth-order valence-corrected chi connectivity index (χ4v) is 4.56. The van der Waals surface area contributed by atoms with Crippen LogP contribution in [0.5, 0.6) is 0 Å². The van der Waals surface area contributed by atoms with Gasteiger partial charge >= 0.3 is 0 Å². The maximum atomic E-state index is 12.6. The molecular weight excluding hydrogens is 360 g/mol. The Balaban J connectivity index is 1.27. The molecule has 0 atom stereocenters. The van der Waals surface area contributed by atoms with Gasteiger partial charge in [-0.3, -0.25) is 4.79 Å². The van der Waals surface area contributed by atoms with Crippen molar-refractivity contribution in [3.8, 4) is 0 Å². The van der Waals surface area contributed by atoms with Crippen molar-refractivity contribution in [2.24, 2.45) is 5.92 Å². The summed E-state index contributed by atoms with van der Waals surface area (Å²) in [5.74, 6) is 2.87. The zero-order valence-corrected chi connectivity index (χ0v) is 17.5. The van der Waals surface area contributed by atoms with E-state index < -0.39 is 0 Å². The Kier molecular flexibility index (Phi) is 6.43. The van der Waals surface area contributed by atoms with E-state index in [1.54, 1.807) is 0 Å². The minimum absolute atomic E-state index is 0.293. The second-order valence-corrected chi connectivity index (χ2v) is 8.47. The van der Waals surface area contributed by atoms with Gasteiger partial charge in [-0.15, -0.1) is 0 Å². The molecule has 0 unspecified atom stereocenters. The summed E-state index contributed by atoms with van der Waals surface area (Å²) < 4.78 is 0. The summed E-state index contributed by atoms with van der Waals surface area (Å²) in [6.45, 7) is 5.97. The third-order valence-electron chi connectivity index (χ3n) is 6.24. The zero-order valence-electron chi connectivity index (χ0n) is 17.5. The molecule has 1 aromatic carbocycles. The van der Waals surface area contributed by atoms with E-state index in [0.717, 1.165) is 69.2 Å². The summed E-state index contributed by atoms with van der Waals surface area (Å²) in [5.41, 5.74) is 2.40. The highest BCUT2D eigenvalue weighted by atomic mass is 16.2. The predicted molar refractivity (Wildman–Crippen MR) is 116 cm³/mol. The molecule has 1 amide bonds. The quantitative estimate of drug-likeness (QED) is 0.750. The average Bonchev–Trinajstić information content (AvgIpc) is 3.28. The summed E-state index contributed by atoms with van der Waals surface area (Å²) in [6, 6.07) is 12.5. The van der Waals surface area contributed by atoms with E-state index in [9.17, 15) is 4.79 Å². The van der Waals surface area contributed by atoms with Crippen molar-refractivity contribution in [2.45, 2.75) is 51.9 Å². The molecule has 29 heavy (non-hydrogen) atoms. The van der Waals surface area contributed by atoms with Crippen molar-refractivity contribution in [1.82, 2.24) is 14.9 Å². The smallest absolute Gasteiger partial charge is 0.222 e. The number of aryl methyl sites for hydroxylation is 2. The molecule has 0 spiro atoms. The van der Waals surface area contributed by atoms with Gasteiger partial charge in [0.05, 0.1) is 0 Å². The van der Waals surface area contributed by atoms with Crippen LogP contribution in [0.1, 0.15) is 49.2 Å². The van der Waals surface area contributed by atoms with E-state index >= 15 is 0 Å². The van der Waals surface area contributed by atoms with Crippen molar-refractivity contribution < 1.29 is 4.79 Å². The number of carbonyl (C=O) groups excluding carboxylic acids is 1. The first-order chi connectivity index (χ1) is 14.2. The van der Waals surface area contributed by atoms with Crippen LogP contribution in [0.4, 0.5) is 5.82 Å². The van der Waals surface area contributed by atoms with Crippen LogP contribution in [0.2, 0.25) is 0 Å². The average molecular weight is 393 g/mol. The second kappa shape index (κ2) is 9.38. The summed E-state index contributed by atoms with van der Waals surface area (Å²) in [6.07, 6.45) is 7.09. The first kappa shape index (κ1) is 19.9. The highest BCUT2D eigenvalue weighted by Crippen LogP contribution is 2.24. The number of carbonyl (C=O) groups is 1. The Morgan fingerprint density at radius 2 is 1.76 bits per heavy atom. The fourth-order valence-electron chi connectivity index (χ4n) is 4.56. The van der Waals surface area contributed by atoms with E-state index in [0.29, 0.717) is 18.2 Å². The van der Waals surface area contributed by atoms with Crippen LogP contribution < -0.4 is 4.90 Å². The molecule has 5 heteroatoms. The molecule has 154 valence electrons. The van der Waals surface area contributed by atoms with Gasteiger partial charge in [0, 0.05) is 44.4 Å². The Morgan fingerprint density at radius 1 is 1.03 bits per heavy atom. The standard InChI is InChI=1S/C24H32N4O/c1-19-25-22(18-23(26-19)27-13-5-6-14-27)17-21-11-15-28(16-12-21)24(29)10-9-20-7-3-2-4-8-20/h2-4,7-8,18,21H,5-6,9-17H2,1H3. The third-order valence-corrected chi connectivity index (χ3v) is 6.24. The molecular formula is C24H32N4O. The zero-order chi connectivity index (χ0) is 20.1. The van der Waals surface area contributed by atoms with E-state index in [2.05, 4.69) is 33.0 Å². The molecule has 0 aliphatic carbocycles. The molecule has 1 aromatic heterocycles. The highest BCUT2D eigenvalue weighted by Gasteiger charge is 2.24. The van der Waals surface area contributed by atoms with E-state index in [4.69, 9.17) is 4.98 Å². The van der Waals surface area contributed by atoms with Crippen molar-refractivity contribution in [3.05, 3.63) is 53.5 Å². The second-order valence-electron chi connectivity index (χ2n) is 8.47. The monoisotopic (exact) mass is 392 g/mol. The van der Waals surface area contributed by atoms with Crippen LogP contribution in [-0.2, 0) is 17.6 Å². The molecule has 0 radical (unpaired) electrons. The topological polar surface area (TPSA) is 49.3 Å². The molecule has 2 aliphatic heterocycles. The molecule has 2 saturated heterocycles. The predicted octanol–water partition coefficient (Wildman–Crippen LogP) is 3.80. The number of likely N-dealkylation sites (tertiary alicyclic amines) is 1. The fraction of sp³-hybridized carbons (Fsp3) is 0.542. The van der Waals surface area contributed by atoms with Gasteiger partial charge in [0.15, 0.2) is 0 Å². The normalized spacial score (nSPS) is 17.7. The van der Waals surface area contributed by atoms with Crippen LogP contribution >= 0.6 is 0 Å². The Hall–Kier alpha value is -2.43. The number of piperidine rings is 1. The Morgan fingerprint density at radius 3 is 2.48 bits per heavy atom. The van der Waals surface area contributed by atoms with Crippen molar-refractivity contribution in [1.29, 1.82) is 0 Å². The van der Waals surface area contributed by atoms with Crippen LogP contribution in [-0.4, -0.2) is 47.0 Å². The summed E-state index contributed by atoms with van der Waals surface area (Å²) in [5, 5.41) is 0. The number of aromatic nitrogens is 2. The summed E-state index contributed by atoms with van der Waals surface area (Å²) >= 11 is 0. The Labute approximate surface area is 174 Å². The molecule has 4 rings (SSSR count). The lowest BCUT2D eigenvalue weighted by Gasteiger charge is -2.32. The van der Waals surface area contributed by atoms with Gasteiger partial charge in [0.25, 0.3) is 0 Å². The lowest BCUT2D eigenvalue weighted by atomic mass is 9.91. The first-order valence-electron chi connectivity index (χ1n) is 11.1. The van der Waals surface area contributed by atoms with Gasteiger partial charge in [-0.25, -0.2) is 9.97 Å². The van der Waals surface area contributed by atoms with E-state index in [1.807, 2.05) is 25.1 Å². The number of hydrogen-bond acceptors (Lipinski definition) is 4. The minimum atomic E-state index is 0.293. The van der Waals surface area contributed by atoms with Crippen molar-refractivity contribution in [3.63, 3.8) is 0 Å². The summed E-state index contributed by atoms with van der Waals surface area (Å²) in [4.78, 5) is 26.4. The van der Waals surface area contributed by atoms with Gasteiger partial charge in [0.2, 0.25) is 5.91 Å². The molecule has 2 aromatic rings. The van der Waals surface area contributed by atoms with Crippen LogP contribution in [0.3, 0.4) is 0 Å². The molecule has 0 bridgehead atoms. The number of nitrogens with zero attached hydrogens (tertiary/aromatic N) is 4. The number of amides is 1. The maximum Gasteiger partial charge on any atom is 0.222 e. The van der Waals surface area contributed by atoms with Crippen molar-refractivity contribution >= 4 is 11.7 Å². The van der Waals surface area contributed by atoms with Crippen molar-refractivity contribution in [2.75, 3.05) is 31.1 Å². The largest absolute Gasteiger partial charge is 0.357 e. The SMILES string of the molecule is Cc1nc(CC2CCN(C(=O)CCc3ccccc3)CC2)cc(N2CCCC2)n1. The maximum absolute atomic E-state index is 12.6. The Bertz CT molecular complexity index is 809. The van der Waals surface area contributed by atoms with Gasteiger partial charge in [-0.05, 0) is 56.9 Å². The lowest BCUT2D eigenvalue weighted by molar-refractivity contribution is -0.132.